The third-order valence-electron chi connectivity index (χ3n) is 4.20. The second kappa shape index (κ2) is 6.55. The average Bonchev–Trinajstić information content (AvgIpc) is 2.65. The molecule has 0 aromatic rings. The Hall–Kier alpha value is -1.13. The lowest BCUT2D eigenvalue weighted by Crippen LogP contribution is -2.34. The van der Waals surface area contributed by atoms with E-state index < -0.39 is 6.10 Å². The standard InChI is InChI=1S/C16H24O4/c1-10-5-4-6-11(2)8-14-15(13(17)7-10)12(9-19-3)16(18)20-14/h5,8,12-15,17H,4,6-7,9H2,1-3H3/t12?,13-,14-,15-/m1/s1. The molecule has 1 N–H and O–H groups in total. The summed E-state index contributed by atoms with van der Waals surface area (Å²) in [5.41, 5.74) is 2.37. The third kappa shape index (κ3) is 3.30. The number of aliphatic hydroxyl groups is 1. The monoisotopic (exact) mass is 280 g/mol. The van der Waals surface area contributed by atoms with Crippen LogP contribution in [0.15, 0.2) is 23.3 Å². The molecular weight excluding hydrogens is 256 g/mol. The lowest BCUT2D eigenvalue weighted by atomic mass is 9.82. The lowest BCUT2D eigenvalue weighted by Gasteiger charge is -2.25. The number of methoxy groups -OCH3 is 1. The van der Waals surface area contributed by atoms with Crippen molar-refractivity contribution < 1.29 is 19.4 Å². The largest absolute Gasteiger partial charge is 0.457 e. The fraction of sp³-hybridized carbons (Fsp3) is 0.688. The second-order valence-corrected chi connectivity index (χ2v) is 5.91. The predicted molar refractivity (Wildman–Crippen MR) is 76.1 cm³/mol. The Morgan fingerprint density at radius 1 is 1.40 bits per heavy atom. The number of aliphatic hydroxyl groups excluding tert-OH is 1. The molecule has 20 heavy (non-hydrogen) atoms. The molecule has 0 aromatic carbocycles. The van der Waals surface area contributed by atoms with Crippen LogP contribution in [-0.4, -0.2) is 37.0 Å². The number of fused-ring (bicyclic) bond motifs is 1. The predicted octanol–water partition coefficient (Wildman–Crippen LogP) is 2.23. The van der Waals surface area contributed by atoms with Gasteiger partial charge in [-0.05, 0) is 39.2 Å². The molecule has 112 valence electrons. The maximum atomic E-state index is 12.0. The zero-order valence-electron chi connectivity index (χ0n) is 12.5. The summed E-state index contributed by atoms with van der Waals surface area (Å²) >= 11 is 0. The molecule has 0 aromatic heterocycles. The zero-order valence-corrected chi connectivity index (χ0v) is 12.5. The van der Waals surface area contributed by atoms with Crippen LogP contribution in [0.5, 0.6) is 0 Å². The molecule has 1 aliphatic heterocycles. The van der Waals surface area contributed by atoms with Gasteiger partial charge in [-0.3, -0.25) is 4.79 Å². The van der Waals surface area contributed by atoms with Crippen molar-refractivity contribution in [2.45, 2.75) is 45.3 Å². The van der Waals surface area contributed by atoms with Crippen LogP contribution in [0.3, 0.4) is 0 Å². The summed E-state index contributed by atoms with van der Waals surface area (Å²) in [4.78, 5) is 12.0. The van der Waals surface area contributed by atoms with Gasteiger partial charge in [-0.25, -0.2) is 0 Å². The molecular formula is C16H24O4. The van der Waals surface area contributed by atoms with E-state index >= 15 is 0 Å². The Bertz CT molecular complexity index is 424. The highest BCUT2D eigenvalue weighted by atomic mass is 16.6. The van der Waals surface area contributed by atoms with Gasteiger partial charge in [0, 0.05) is 13.0 Å². The Kier molecular flexibility index (Phi) is 5.00. The van der Waals surface area contributed by atoms with E-state index in [9.17, 15) is 9.90 Å². The van der Waals surface area contributed by atoms with Crippen molar-refractivity contribution in [1.29, 1.82) is 0 Å². The summed E-state index contributed by atoms with van der Waals surface area (Å²) in [7, 11) is 1.57. The van der Waals surface area contributed by atoms with Crippen molar-refractivity contribution in [1.82, 2.24) is 0 Å². The fourth-order valence-electron chi connectivity index (χ4n) is 3.14. The fourth-order valence-corrected chi connectivity index (χ4v) is 3.14. The average molecular weight is 280 g/mol. The van der Waals surface area contributed by atoms with Crippen molar-refractivity contribution in [3.05, 3.63) is 23.3 Å². The van der Waals surface area contributed by atoms with Crippen LogP contribution in [0.4, 0.5) is 0 Å². The molecule has 2 aliphatic rings. The van der Waals surface area contributed by atoms with Gasteiger partial charge < -0.3 is 14.6 Å². The minimum atomic E-state index is -0.579. The number of hydrogen-bond acceptors (Lipinski definition) is 4. The SMILES string of the molecule is COCC1C(=O)O[C@@H]2C=C(C)CCC=C(C)C[C@@H](O)[C@@H]12. The first kappa shape index (κ1) is 15.3. The highest BCUT2D eigenvalue weighted by Crippen LogP contribution is 2.36. The van der Waals surface area contributed by atoms with E-state index in [1.807, 2.05) is 19.9 Å². The van der Waals surface area contributed by atoms with E-state index in [-0.39, 0.29) is 23.9 Å². The summed E-state index contributed by atoms with van der Waals surface area (Å²) < 4.78 is 10.6. The molecule has 0 radical (unpaired) electrons. The zero-order chi connectivity index (χ0) is 14.7. The summed E-state index contributed by atoms with van der Waals surface area (Å²) in [6.07, 6.45) is 5.77. The van der Waals surface area contributed by atoms with E-state index in [0.29, 0.717) is 13.0 Å². The maximum absolute atomic E-state index is 12.0. The van der Waals surface area contributed by atoms with Crippen LogP contribution >= 0.6 is 0 Å². The van der Waals surface area contributed by atoms with Crippen molar-refractivity contribution >= 4 is 5.97 Å². The number of carbonyl (C=O) groups is 1. The minimum Gasteiger partial charge on any atom is -0.457 e. The van der Waals surface area contributed by atoms with Gasteiger partial charge in [0.2, 0.25) is 0 Å². The minimum absolute atomic E-state index is 0.223. The van der Waals surface area contributed by atoms with Gasteiger partial charge in [-0.15, -0.1) is 0 Å². The van der Waals surface area contributed by atoms with E-state index in [2.05, 4.69) is 6.08 Å². The van der Waals surface area contributed by atoms with Crippen molar-refractivity contribution in [2.75, 3.05) is 13.7 Å². The number of esters is 1. The first-order valence-electron chi connectivity index (χ1n) is 7.23. The number of hydrogen-bond donors (Lipinski definition) is 1. The highest BCUT2D eigenvalue weighted by molar-refractivity contribution is 5.76. The Labute approximate surface area is 120 Å². The number of rotatable bonds is 2. The Morgan fingerprint density at radius 2 is 2.15 bits per heavy atom. The molecule has 4 atom stereocenters. The van der Waals surface area contributed by atoms with Gasteiger partial charge in [0.15, 0.2) is 0 Å². The smallest absolute Gasteiger partial charge is 0.312 e. The quantitative estimate of drug-likeness (QED) is 0.622. The van der Waals surface area contributed by atoms with Gasteiger partial charge in [-0.1, -0.05) is 17.2 Å². The number of allylic oxidation sites excluding steroid dienone is 2. The number of ether oxygens (including phenoxy) is 2. The molecule has 2 rings (SSSR count). The first-order chi connectivity index (χ1) is 9.52. The molecule has 0 saturated carbocycles. The molecule has 0 amide bonds. The Balaban J connectivity index is 2.30. The summed E-state index contributed by atoms with van der Waals surface area (Å²) in [5.74, 6) is -0.860. The van der Waals surface area contributed by atoms with Crippen molar-refractivity contribution in [3.63, 3.8) is 0 Å². The van der Waals surface area contributed by atoms with Crippen LogP contribution in [0.1, 0.15) is 33.1 Å². The molecule has 1 heterocycles. The summed E-state index contributed by atoms with van der Waals surface area (Å²) in [6.45, 7) is 4.38. The molecule has 1 saturated heterocycles. The van der Waals surface area contributed by atoms with Crippen LogP contribution in [-0.2, 0) is 14.3 Å². The van der Waals surface area contributed by atoms with Gasteiger partial charge in [0.1, 0.15) is 6.10 Å². The molecule has 0 bridgehead atoms. The van der Waals surface area contributed by atoms with Crippen LogP contribution in [0.25, 0.3) is 0 Å². The molecule has 0 spiro atoms. The van der Waals surface area contributed by atoms with Crippen molar-refractivity contribution in [2.24, 2.45) is 11.8 Å². The van der Waals surface area contributed by atoms with Gasteiger partial charge in [0.25, 0.3) is 0 Å². The lowest BCUT2D eigenvalue weighted by molar-refractivity contribution is -0.144. The second-order valence-electron chi connectivity index (χ2n) is 5.91. The van der Waals surface area contributed by atoms with E-state index in [4.69, 9.17) is 9.47 Å². The molecule has 4 nitrogen and oxygen atoms in total. The number of carbonyl (C=O) groups excluding carboxylic acids is 1. The van der Waals surface area contributed by atoms with Crippen molar-refractivity contribution in [3.8, 4) is 0 Å². The van der Waals surface area contributed by atoms with Crippen LogP contribution < -0.4 is 0 Å². The Morgan fingerprint density at radius 3 is 2.85 bits per heavy atom. The van der Waals surface area contributed by atoms with Gasteiger partial charge >= 0.3 is 5.97 Å². The molecule has 1 fully saturated rings. The van der Waals surface area contributed by atoms with Crippen LogP contribution in [0, 0.1) is 11.8 Å². The molecule has 4 heteroatoms. The molecule has 1 unspecified atom stereocenters. The normalized spacial score (nSPS) is 34.9. The van der Waals surface area contributed by atoms with Gasteiger partial charge in [-0.2, -0.15) is 0 Å². The highest BCUT2D eigenvalue weighted by Gasteiger charge is 2.47. The topological polar surface area (TPSA) is 55.8 Å². The van der Waals surface area contributed by atoms with E-state index in [1.54, 1.807) is 7.11 Å². The van der Waals surface area contributed by atoms with Crippen LogP contribution in [0.2, 0.25) is 0 Å². The maximum Gasteiger partial charge on any atom is 0.312 e. The summed E-state index contributed by atoms with van der Waals surface area (Å²) in [5, 5.41) is 10.5. The van der Waals surface area contributed by atoms with E-state index in [0.717, 1.165) is 12.8 Å². The van der Waals surface area contributed by atoms with E-state index in [1.165, 1.54) is 11.1 Å². The summed E-state index contributed by atoms with van der Waals surface area (Å²) in [6, 6.07) is 0. The van der Waals surface area contributed by atoms with Gasteiger partial charge in [0.05, 0.1) is 18.6 Å². The third-order valence-corrected chi connectivity index (χ3v) is 4.20. The first-order valence-corrected chi connectivity index (χ1v) is 7.23. The molecule has 1 aliphatic carbocycles.